The highest BCUT2D eigenvalue weighted by atomic mass is 16.4. The van der Waals surface area contributed by atoms with Crippen molar-refractivity contribution in [2.24, 2.45) is 7.05 Å². The number of hydrogen-bond donors (Lipinski definition) is 4. The molecule has 8 nitrogen and oxygen atoms in total. The molecule has 1 atom stereocenters. The first-order valence-electron chi connectivity index (χ1n) is 11.0. The number of carboxylic acids is 1. The Morgan fingerprint density at radius 1 is 1.31 bits per heavy atom. The smallest absolute Gasteiger partial charge is 0.345 e. The largest absolute Gasteiger partial charge is 0.506 e. The molecule has 1 aromatic carbocycles. The average molecular weight is 439 g/mol. The Labute approximate surface area is 186 Å². The van der Waals surface area contributed by atoms with Crippen LogP contribution in [0.1, 0.15) is 41.4 Å². The van der Waals surface area contributed by atoms with Crippen molar-refractivity contribution in [2.45, 2.75) is 38.8 Å². The molecule has 8 heteroatoms. The molecule has 1 aliphatic rings. The number of hydrogen-bond acceptors (Lipinski definition) is 5. The molecule has 0 bridgehead atoms. The highest BCUT2D eigenvalue weighted by Crippen LogP contribution is 2.32. The Balaban J connectivity index is 1.72. The Hall–Kier alpha value is -3.10. The predicted octanol–water partition coefficient (Wildman–Crippen LogP) is 2.68. The van der Waals surface area contributed by atoms with Gasteiger partial charge in [0.1, 0.15) is 5.75 Å². The first-order chi connectivity index (χ1) is 15.3. The fourth-order valence-corrected chi connectivity index (χ4v) is 4.80. The fraction of sp³-hybridized carbons (Fsp3) is 0.417. The summed E-state index contributed by atoms with van der Waals surface area (Å²) in [6.45, 7) is 4.79. The number of H-pyrrole nitrogens is 1. The van der Waals surface area contributed by atoms with Gasteiger partial charge in [-0.15, -0.1) is 0 Å². The van der Waals surface area contributed by atoms with Crippen molar-refractivity contribution in [2.75, 3.05) is 20.1 Å². The molecule has 1 saturated heterocycles. The third kappa shape index (κ3) is 3.91. The van der Waals surface area contributed by atoms with E-state index in [4.69, 9.17) is 0 Å². The number of aromatic hydroxyl groups is 1. The maximum absolute atomic E-state index is 12.3. The highest BCUT2D eigenvalue weighted by molar-refractivity contribution is 5.92. The van der Waals surface area contributed by atoms with Gasteiger partial charge < -0.3 is 25.1 Å². The van der Waals surface area contributed by atoms with Crippen LogP contribution in [0.2, 0.25) is 0 Å². The predicted molar refractivity (Wildman–Crippen MR) is 124 cm³/mol. The molecule has 0 radical (unpaired) electrons. The number of piperidine rings is 1. The van der Waals surface area contributed by atoms with E-state index in [2.05, 4.69) is 32.9 Å². The number of nitrogens with zero attached hydrogens (tertiary/aromatic N) is 2. The van der Waals surface area contributed by atoms with Crippen molar-refractivity contribution < 1.29 is 15.0 Å². The van der Waals surface area contributed by atoms with E-state index in [9.17, 15) is 19.8 Å². The summed E-state index contributed by atoms with van der Waals surface area (Å²) >= 11 is 0. The van der Waals surface area contributed by atoms with Crippen LogP contribution in [-0.4, -0.2) is 56.8 Å². The summed E-state index contributed by atoms with van der Waals surface area (Å²) in [5, 5.41) is 24.1. The molecule has 32 heavy (non-hydrogen) atoms. The summed E-state index contributed by atoms with van der Waals surface area (Å²) in [4.78, 5) is 28.9. The van der Waals surface area contributed by atoms with Gasteiger partial charge in [-0.1, -0.05) is 13.0 Å². The van der Waals surface area contributed by atoms with E-state index >= 15 is 0 Å². The van der Waals surface area contributed by atoms with Crippen molar-refractivity contribution in [1.29, 1.82) is 0 Å². The normalized spacial score (nSPS) is 17.2. The van der Waals surface area contributed by atoms with E-state index in [0.717, 1.165) is 36.1 Å². The van der Waals surface area contributed by atoms with Crippen molar-refractivity contribution in [3.8, 4) is 17.0 Å². The Bertz CT molecular complexity index is 1230. The highest BCUT2D eigenvalue weighted by Gasteiger charge is 2.23. The molecule has 0 aliphatic carbocycles. The van der Waals surface area contributed by atoms with Crippen LogP contribution in [0.15, 0.2) is 29.1 Å². The molecule has 2 aromatic heterocycles. The van der Waals surface area contributed by atoms with Gasteiger partial charge in [0.05, 0.1) is 5.69 Å². The summed E-state index contributed by atoms with van der Waals surface area (Å²) in [7, 11) is 4.08. The number of fused-ring (bicyclic) bond motifs is 1. The van der Waals surface area contributed by atoms with E-state index in [-0.39, 0.29) is 0 Å². The van der Waals surface area contributed by atoms with Crippen molar-refractivity contribution >= 4 is 16.9 Å². The lowest BCUT2D eigenvalue weighted by atomic mass is 9.99. The molecule has 3 aromatic rings. The molecule has 0 amide bonds. The van der Waals surface area contributed by atoms with Crippen LogP contribution >= 0.6 is 0 Å². The van der Waals surface area contributed by atoms with Crippen LogP contribution in [-0.2, 0) is 20.0 Å². The minimum Gasteiger partial charge on any atom is -0.506 e. The number of carbonyl (C=O) groups is 1. The zero-order chi connectivity index (χ0) is 23.0. The summed E-state index contributed by atoms with van der Waals surface area (Å²) in [5.74, 6) is -1.90. The maximum Gasteiger partial charge on any atom is 0.345 e. The first-order valence-corrected chi connectivity index (χ1v) is 11.0. The SMILES string of the molecule is CCc1c(-c2ccc3c(c2)cc(CN2CCC[C@H](NC)C2)n3C)[nH]c(=O)c(C(=O)O)c1O. The molecule has 170 valence electrons. The number of aromatic nitrogens is 2. The standard InChI is InChI=1S/C24H30N4O4/c1-4-18-21(26-23(30)20(22(18)29)24(31)32)14-7-8-19-15(10-14)11-17(27(19)3)13-28-9-5-6-16(12-28)25-2/h7-8,10-11,16,25H,4-6,9,12-13H2,1-3H3,(H,31,32)(H2,26,29,30)/t16-/m0/s1. The van der Waals surface area contributed by atoms with E-state index < -0.39 is 22.8 Å². The summed E-state index contributed by atoms with van der Waals surface area (Å²) < 4.78 is 2.19. The number of likely N-dealkylation sites (N-methyl/N-ethyl adjacent to an activating group) is 1. The second kappa shape index (κ2) is 8.80. The quantitative estimate of drug-likeness (QED) is 0.471. The molecule has 1 fully saturated rings. The van der Waals surface area contributed by atoms with Gasteiger partial charge in [0.25, 0.3) is 5.56 Å². The molecule has 1 aliphatic heterocycles. The monoisotopic (exact) mass is 438 g/mol. The number of carboxylic acid groups (broad SMARTS) is 1. The van der Waals surface area contributed by atoms with Crippen LogP contribution in [0.4, 0.5) is 0 Å². The number of rotatable bonds is 6. The summed E-state index contributed by atoms with van der Waals surface area (Å²) in [5.41, 5.74) is 2.49. The molecule has 4 N–H and O–H groups in total. The number of aryl methyl sites for hydroxylation is 1. The van der Waals surface area contributed by atoms with Crippen LogP contribution in [0.5, 0.6) is 5.75 Å². The lowest BCUT2D eigenvalue weighted by Gasteiger charge is -2.32. The fourth-order valence-electron chi connectivity index (χ4n) is 4.80. The molecule has 0 spiro atoms. The van der Waals surface area contributed by atoms with E-state index in [0.29, 0.717) is 23.7 Å². The minimum absolute atomic E-state index is 0.387. The van der Waals surface area contributed by atoms with E-state index in [1.54, 1.807) is 0 Å². The number of benzene rings is 1. The number of pyridine rings is 1. The van der Waals surface area contributed by atoms with E-state index in [1.165, 1.54) is 18.5 Å². The number of aromatic carboxylic acids is 1. The van der Waals surface area contributed by atoms with Crippen LogP contribution < -0.4 is 10.9 Å². The number of nitrogens with one attached hydrogen (secondary N) is 2. The topological polar surface area (TPSA) is 111 Å². The molecule has 0 saturated carbocycles. The van der Waals surface area contributed by atoms with Crippen LogP contribution in [0, 0.1) is 0 Å². The second-order valence-corrected chi connectivity index (χ2v) is 8.52. The molecular formula is C24H30N4O4. The van der Waals surface area contributed by atoms with Crippen molar-refractivity contribution in [1.82, 2.24) is 19.8 Å². The van der Waals surface area contributed by atoms with E-state index in [1.807, 2.05) is 32.2 Å². The molecule has 3 heterocycles. The lowest BCUT2D eigenvalue weighted by molar-refractivity contribution is 0.0691. The zero-order valence-corrected chi connectivity index (χ0v) is 18.7. The zero-order valence-electron chi connectivity index (χ0n) is 18.7. The van der Waals surface area contributed by atoms with Gasteiger partial charge >= 0.3 is 5.97 Å². The maximum atomic E-state index is 12.3. The van der Waals surface area contributed by atoms with Gasteiger partial charge in [0.15, 0.2) is 5.56 Å². The third-order valence-corrected chi connectivity index (χ3v) is 6.59. The van der Waals surface area contributed by atoms with Gasteiger partial charge in [0, 0.05) is 48.3 Å². The molecule has 0 unspecified atom stereocenters. The number of aromatic amines is 1. The Kier molecular flexibility index (Phi) is 6.08. The van der Waals surface area contributed by atoms with Crippen molar-refractivity contribution in [3.63, 3.8) is 0 Å². The Morgan fingerprint density at radius 2 is 2.09 bits per heavy atom. The molecular weight excluding hydrogens is 408 g/mol. The van der Waals surface area contributed by atoms with Gasteiger partial charge in [-0.25, -0.2) is 4.79 Å². The minimum atomic E-state index is -1.44. The number of likely N-dealkylation sites (tertiary alicyclic amines) is 1. The molecule has 4 rings (SSSR count). The van der Waals surface area contributed by atoms with Gasteiger partial charge in [0.2, 0.25) is 0 Å². The van der Waals surface area contributed by atoms with Crippen LogP contribution in [0.3, 0.4) is 0 Å². The lowest BCUT2D eigenvalue weighted by Crippen LogP contribution is -2.44. The Morgan fingerprint density at radius 3 is 2.78 bits per heavy atom. The summed E-state index contributed by atoms with van der Waals surface area (Å²) in [6.07, 6.45) is 2.78. The first kappa shape index (κ1) is 22.1. The van der Waals surface area contributed by atoms with Gasteiger partial charge in [-0.2, -0.15) is 0 Å². The van der Waals surface area contributed by atoms with Crippen LogP contribution in [0.25, 0.3) is 22.2 Å². The third-order valence-electron chi connectivity index (χ3n) is 6.59. The average Bonchev–Trinajstić information content (AvgIpc) is 3.07. The second-order valence-electron chi connectivity index (χ2n) is 8.52. The summed E-state index contributed by atoms with van der Waals surface area (Å²) in [6, 6.07) is 8.57. The van der Waals surface area contributed by atoms with Crippen molar-refractivity contribution in [3.05, 3.63) is 51.4 Å². The van der Waals surface area contributed by atoms with Gasteiger partial charge in [-0.3, -0.25) is 9.69 Å². The van der Waals surface area contributed by atoms with Gasteiger partial charge in [-0.05, 0) is 56.6 Å².